The molecular formula is C17H24N2O2S. The lowest BCUT2D eigenvalue weighted by molar-refractivity contribution is 0.331. The second-order valence-corrected chi connectivity index (χ2v) is 9.25. The van der Waals surface area contributed by atoms with E-state index in [1.54, 1.807) is 24.3 Å². The van der Waals surface area contributed by atoms with E-state index in [0.29, 0.717) is 5.92 Å². The maximum atomic E-state index is 12.4. The molecular weight excluding hydrogens is 296 g/mol. The van der Waals surface area contributed by atoms with Gasteiger partial charge in [0.2, 0.25) is 0 Å². The average Bonchev–Trinajstić information content (AvgIpc) is 2.90. The Morgan fingerprint density at radius 3 is 2.36 bits per heavy atom. The first kappa shape index (κ1) is 15.5. The van der Waals surface area contributed by atoms with Crippen LogP contribution in [0.15, 0.2) is 34.3 Å². The normalized spacial score (nSPS) is 31.6. The third-order valence-corrected chi connectivity index (χ3v) is 6.78. The number of hydrogen-bond donors (Lipinski definition) is 1. The fourth-order valence-corrected chi connectivity index (χ4v) is 5.01. The van der Waals surface area contributed by atoms with Crippen molar-refractivity contribution in [2.75, 3.05) is 0 Å². The molecule has 2 bridgehead atoms. The van der Waals surface area contributed by atoms with Crippen molar-refractivity contribution >= 4 is 15.7 Å². The summed E-state index contributed by atoms with van der Waals surface area (Å²) in [5.41, 5.74) is 2.06. The first-order chi connectivity index (χ1) is 10.2. The van der Waals surface area contributed by atoms with Crippen molar-refractivity contribution in [1.29, 1.82) is 0 Å². The number of benzene rings is 1. The second kappa shape index (κ2) is 4.82. The minimum atomic E-state index is -3.60. The van der Waals surface area contributed by atoms with Crippen LogP contribution in [-0.4, -0.2) is 14.1 Å². The van der Waals surface area contributed by atoms with Gasteiger partial charge in [0, 0.05) is 10.8 Å². The topological polar surface area (TPSA) is 58.5 Å². The molecule has 0 aromatic heterocycles. The Bertz CT molecular complexity index is 713. The van der Waals surface area contributed by atoms with Gasteiger partial charge in [-0.25, -0.2) is 4.83 Å². The van der Waals surface area contributed by atoms with Crippen molar-refractivity contribution in [3.05, 3.63) is 29.8 Å². The van der Waals surface area contributed by atoms with E-state index in [1.807, 2.05) is 6.92 Å². The Hall–Kier alpha value is -1.36. The fourth-order valence-electron chi connectivity index (χ4n) is 4.20. The largest absolute Gasteiger partial charge is 0.276 e. The van der Waals surface area contributed by atoms with Gasteiger partial charge in [-0.15, -0.1) is 0 Å². The molecule has 0 aliphatic heterocycles. The number of hydrazone groups is 1. The van der Waals surface area contributed by atoms with Crippen molar-refractivity contribution in [2.45, 2.75) is 51.9 Å². The van der Waals surface area contributed by atoms with Crippen molar-refractivity contribution in [2.24, 2.45) is 21.8 Å². The number of nitrogens with one attached hydrogen (secondary N) is 1. The second-order valence-electron chi connectivity index (χ2n) is 7.59. The number of aryl methyl sites for hydroxylation is 1. The molecule has 2 atom stereocenters. The van der Waals surface area contributed by atoms with Crippen LogP contribution in [0.2, 0.25) is 0 Å². The molecule has 1 N–H and O–H groups in total. The zero-order valence-electron chi connectivity index (χ0n) is 13.7. The molecule has 1 aromatic carbocycles. The number of sulfonamides is 1. The monoisotopic (exact) mass is 320 g/mol. The third-order valence-electron chi connectivity index (χ3n) is 5.55. The molecule has 120 valence electrons. The van der Waals surface area contributed by atoms with Crippen LogP contribution < -0.4 is 4.83 Å². The quantitative estimate of drug-likeness (QED) is 0.867. The van der Waals surface area contributed by atoms with E-state index in [-0.39, 0.29) is 15.7 Å². The molecule has 0 heterocycles. The van der Waals surface area contributed by atoms with Gasteiger partial charge in [0.1, 0.15) is 0 Å². The van der Waals surface area contributed by atoms with Gasteiger partial charge in [0.15, 0.2) is 0 Å². The molecule has 0 spiro atoms. The van der Waals surface area contributed by atoms with Gasteiger partial charge in [0.05, 0.1) is 10.6 Å². The van der Waals surface area contributed by atoms with Crippen LogP contribution in [0.3, 0.4) is 0 Å². The standard InChI is InChI=1S/C17H24N2O2S/c1-12-5-7-14(8-6-12)22(20,21)19-18-15-16(2,3)13-9-10-17(15,4)11-13/h5-8,13,19H,9-11H2,1-4H3/b18-15+/t13-,17+/m0/s1. The molecule has 22 heavy (non-hydrogen) atoms. The molecule has 5 heteroatoms. The van der Waals surface area contributed by atoms with Crippen LogP contribution in [0.5, 0.6) is 0 Å². The zero-order valence-corrected chi connectivity index (χ0v) is 14.5. The summed E-state index contributed by atoms with van der Waals surface area (Å²) in [5, 5.41) is 4.38. The number of fused-ring (bicyclic) bond motifs is 2. The van der Waals surface area contributed by atoms with Crippen molar-refractivity contribution < 1.29 is 8.42 Å². The number of hydrogen-bond acceptors (Lipinski definition) is 3. The van der Waals surface area contributed by atoms with Gasteiger partial charge in [-0.1, -0.05) is 38.5 Å². The molecule has 1 aromatic rings. The van der Waals surface area contributed by atoms with Gasteiger partial charge >= 0.3 is 0 Å². The predicted molar refractivity (Wildman–Crippen MR) is 88.2 cm³/mol. The molecule has 0 unspecified atom stereocenters. The minimum absolute atomic E-state index is 0.0250. The van der Waals surface area contributed by atoms with E-state index in [4.69, 9.17) is 0 Å². The molecule has 2 aliphatic carbocycles. The Balaban J connectivity index is 1.89. The van der Waals surface area contributed by atoms with E-state index in [9.17, 15) is 8.42 Å². The molecule has 4 nitrogen and oxygen atoms in total. The summed E-state index contributed by atoms with van der Waals surface area (Å²) in [7, 11) is -3.60. The highest BCUT2D eigenvalue weighted by atomic mass is 32.2. The summed E-state index contributed by atoms with van der Waals surface area (Å²) in [4.78, 5) is 2.72. The van der Waals surface area contributed by atoms with Crippen LogP contribution in [-0.2, 0) is 10.0 Å². The SMILES string of the molecule is Cc1ccc(S(=O)(=O)N/N=C2\C(C)(C)[C@H]3CC[C@]2(C)C3)cc1. The molecule has 0 saturated heterocycles. The average molecular weight is 320 g/mol. The third kappa shape index (κ3) is 2.35. The lowest BCUT2D eigenvalue weighted by atomic mass is 9.71. The molecule has 2 saturated carbocycles. The summed E-state index contributed by atoms with van der Waals surface area (Å²) >= 11 is 0. The Morgan fingerprint density at radius 2 is 1.82 bits per heavy atom. The first-order valence-electron chi connectivity index (χ1n) is 7.82. The van der Waals surface area contributed by atoms with E-state index in [0.717, 1.165) is 24.1 Å². The summed E-state index contributed by atoms with van der Waals surface area (Å²) < 4.78 is 24.8. The van der Waals surface area contributed by atoms with E-state index < -0.39 is 10.0 Å². The van der Waals surface area contributed by atoms with Crippen molar-refractivity contribution in [3.8, 4) is 0 Å². The fraction of sp³-hybridized carbons (Fsp3) is 0.588. The molecule has 2 aliphatic rings. The number of nitrogens with zero attached hydrogens (tertiary/aromatic N) is 1. The van der Waals surface area contributed by atoms with Crippen LogP contribution in [0.1, 0.15) is 45.6 Å². The summed E-state index contributed by atoms with van der Waals surface area (Å²) in [6.45, 7) is 8.51. The number of rotatable bonds is 3. The summed E-state index contributed by atoms with van der Waals surface area (Å²) in [6.07, 6.45) is 3.44. The van der Waals surface area contributed by atoms with Crippen molar-refractivity contribution in [1.82, 2.24) is 4.83 Å². The first-order valence-corrected chi connectivity index (χ1v) is 9.31. The highest BCUT2D eigenvalue weighted by Gasteiger charge is 2.57. The predicted octanol–water partition coefficient (Wildman–Crippen LogP) is 3.48. The Morgan fingerprint density at radius 1 is 1.18 bits per heavy atom. The van der Waals surface area contributed by atoms with Gasteiger partial charge in [-0.2, -0.15) is 13.5 Å². The van der Waals surface area contributed by atoms with Crippen LogP contribution >= 0.6 is 0 Å². The molecule has 2 fully saturated rings. The van der Waals surface area contributed by atoms with Crippen molar-refractivity contribution in [3.63, 3.8) is 0 Å². The lowest BCUT2D eigenvalue weighted by Gasteiger charge is -2.35. The molecule has 0 radical (unpaired) electrons. The lowest BCUT2D eigenvalue weighted by Crippen LogP contribution is -2.38. The maximum absolute atomic E-state index is 12.4. The maximum Gasteiger partial charge on any atom is 0.276 e. The van der Waals surface area contributed by atoms with Gasteiger partial charge in [-0.05, 0) is 44.2 Å². The van der Waals surface area contributed by atoms with Crippen LogP contribution in [0, 0.1) is 23.7 Å². The van der Waals surface area contributed by atoms with E-state index in [1.165, 1.54) is 6.42 Å². The highest BCUT2D eigenvalue weighted by molar-refractivity contribution is 7.89. The van der Waals surface area contributed by atoms with Gasteiger partial charge in [0.25, 0.3) is 10.0 Å². The highest BCUT2D eigenvalue weighted by Crippen LogP contribution is 2.60. The Kier molecular flexibility index (Phi) is 3.40. The van der Waals surface area contributed by atoms with E-state index in [2.05, 4.69) is 30.7 Å². The van der Waals surface area contributed by atoms with Crippen LogP contribution in [0.4, 0.5) is 0 Å². The Labute approximate surface area is 133 Å². The van der Waals surface area contributed by atoms with Gasteiger partial charge < -0.3 is 0 Å². The molecule has 3 rings (SSSR count). The molecule has 0 amide bonds. The summed E-state index contributed by atoms with van der Waals surface area (Å²) in [6, 6.07) is 6.83. The van der Waals surface area contributed by atoms with Crippen LogP contribution in [0.25, 0.3) is 0 Å². The van der Waals surface area contributed by atoms with E-state index >= 15 is 0 Å². The smallest absolute Gasteiger partial charge is 0.200 e. The zero-order chi connectivity index (χ0) is 16.2. The minimum Gasteiger partial charge on any atom is -0.200 e. The summed E-state index contributed by atoms with van der Waals surface area (Å²) in [5.74, 6) is 0.611. The van der Waals surface area contributed by atoms with Gasteiger partial charge in [-0.3, -0.25) is 0 Å².